The third-order valence-electron chi connectivity index (χ3n) is 1.01. The molecule has 0 saturated heterocycles. The van der Waals surface area contributed by atoms with Gasteiger partial charge in [-0.15, -0.1) is 0 Å². The Bertz CT molecular complexity index is 97.0. The van der Waals surface area contributed by atoms with Crippen molar-refractivity contribution in [3.05, 3.63) is 0 Å². The van der Waals surface area contributed by atoms with Gasteiger partial charge in [0, 0.05) is 22.9 Å². The molecule has 0 amide bonds. The zero-order valence-corrected chi connectivity index (χ0v) is 7.38. The van der Waals surface area contributed by atoms with E-state index in [0.717, 1.165) is 6.42 Å². The quantitative estimate of drug-likeness (QED) is 0.575. The van der Waals surface area contributed by atoms with Crippen molar-refractivity contribution in [3.8, 4) is 0 Å². The van der Waals surface area contributed by atoms with Crippen LogP contribution in [0.25, 0.3) is 0 Å². The van der Waals surface area contributed by atoms with E-state index in [1.54, 1.807) is 0 Å². The summed E-state index contributed by atoms with van der Waals surface area (Å²) in [6.07, 6.45) is 1.59. The molecule has 3 nitrogen and oxygen atoms in total. The number of halogens is 1. The van der Waals surface area contributed by atoms with Gasteiger partial charge >= 0.3 is 5.97 Å². The summed E-state index contributed by atoms with van der Waals surface area (Å²) in [5.74, 6) is -0.772. The summed E-state index contributed by atoms with van der Waals surface area (Å²) in [4.78, 5) is 10.3. The standard InChI is InChI=1S/C5H10INO2/c1-2-3-4(7-6)5(8)9/h4,7H,2-3H2,1H3,(H,8,9)/t4-/m0/s1. The summed E-state index contributed by atoms with van der Waals surface area (Å²) in [5.41, 5.74) is 0. The minimum atomic E-state index is -0.772. The predicted molar refractivity (Wildman–Crippen MR) is 43.5 cm³/mol. The maximum atomic E-state index is 10.3. The minimum Gasteiger partial charge on any atom is -0.480 e. The second-order valence-electron chi connectivity index (χ2n) is 1.79. The lowest BCUT2D eigenvalue weighted by Crippen LogP contribution is -2.29. The maximum Gasteiger partial charge on any atom is 0.321 e. The Hall–Kier alpha value is 0.160. The molecule has 0 aliphatic carbocycles. The summed E-state index contributed by atoms with van der Waals surface area (Å²) >= 11 is 1.86. The van der Waals surface area contributed by atoms with Crippen molar-refractivity contribution in [1.82, 2.24) is 3.53 Å². The van der Waals surface area contributed by atoms with Crippen LogP contribution in [0.3, 0.4) is 0 Å². The molecule has 0 aliphatic heterocycles. The Morgan fingerprint density at radius 2 is 2.44 bits per heavy atom. The molecule has 0 rings (SSSR count). The second kappa shape index (κ2) is 4.99. The van der Waals surface area contributed by atoms with Gasteiger partial charge in [-0.1, -0.05) is 13.3 Å². The van der Waals surface area contributed by atoms with Gasteiger partial charge in [-0.25, -0.2) is 3.53 Å². The Morgan fingerprint density at radius 3 is 2.56 bits per heavy atom. The molecule has 0 spiro atoms. The van der Waals surface area contributed by atoms with E-state index in [9.17, 15) is 4.79 Å². The van der Waals surface area contributed by atoms with Gasteiger partial charge in [-0.2, -0.15) is 0 Å². The predicted octanol–water partition coefficient (Wildman–Crippen LogP) is 1.18. The Kier molecular flexibility index (Phi) is 5.07. The van der Waals surface area contributed by atoms with Crippen LogP contribution in [0.15, 0.2) is 0 Å². The lowest BCUT2D eigenvalue weighted by molar-refractivity contribution is -0.138. The van der Waals surface area contributed by atoms with Gasteiger partial charge in [0.15, 0.2) is 0 Å². The van der Waals surface area contributed by atoms with Crippen LogP contribution in [0.4, 0.5) is 0 Å². The van der Waals surface area contributed by atoms with Crippen molar-refractivity contribution in [2.45, 2.75) is 25.8 Å². The number of rotatable bonds is 4. The normalized spacial score (nSPS) is 13.1. The Labute approximate surface area is 68.3 Å². The maximum absolute atomic E-state index is 10.3. The largest absolute Gasteiger partial charge is 0.480 e. The zero-order chi connectivity index (χ0) is 7.28. The van der Waals surface area contributed by atoms with Crippen LogP contribution in [0.1, 0.15) is 19.8 Å². The Balaban J connectivity index is 3.54. The first-order chi connectivity index (χ1) is 4.22. The van der Waals surface area contributed by atoms with Gasteiger partial charge in [-0.3, -0.25) is 4.79 Å². The fourth-order valence-electron chi connectivity index (χ4n) is 0.513. The number of nitrogens with one attached hydrogen (secondary N) is 1. The molecule has 0 fully saturated rings. The van der Waals surface area contributed by atoms with E-state index in [2.05, 4.69) is 3.53 Å². The highest BCUT2D eigenvalue weighted by Crippen LogP contribution is 1.97. The van der Waals surface area contributed by atoms with E-state index in [4.69, 9.17) is 5.11 Å². The molecule has 0 aromatic rings. The van der Waals surface area contributed by atoms with Gasteiger partial charge in [0.1, 0.15) is 6.04 Å². The number of carboxylic acid groups (broad SMARTS) is 1. The molecule has 0 radical (unpaired) electrons. The highest BCUT2D eigenvalue weighted by atomic mass is 127. The first-order valence-corrected chi connectivity index (χ1v) is 3.89. The number of carbonyl (C=O) groups is 1. The highest BCUT2D eigenvalue weighted by Gasteiger charge is 2.12. The van der Waals surface area contributed by atoms with Crippen LogP contribution in [-0.4, -0.2) is 17.1 Å². The van der Waals surface area contributed by atoms with Crippen LogP contribution in [0, 0.1) is 0 Å². The summed E-state index contributed by atoms with van der Waals surface area (Å²) in [5, 5.41) is 8.44. The van der Waals surface area contributed by atoms with Crippen LogP contribution in [-0.2, 0) is 4.79 Å². The fourth-order valence-corrected chi connectivity index (χ4v) is 1.09. The van der Waals surface area contributed by atoms with E-state index in [0.29, 0.717) is 6.42 Å². The summed E-state index contributed by atoms with van der Waals surface area (Å²) in [6.45, 7) is 1.96. The highest BCUT2D eigenvalue weighted by molar-refractivity contribution is 14.1. The summed E-state index contributed by atoms with van der Waals surface area (Å²) < 4.78 is 2.67. The molecule has 0 aromatic heterocycles. The first-order valence-electron chi connectivity index (χ1n) is 2.81. The molecule has 1 atom stereocenters. The average molecular weight is 243 g/mol. The van der Waals surface area contributed by atoms with Crippen molar-refractivity contribution < 1.29 is 9.90 Å². The molecule has 0 unspecified atom stereocenters. The van der Waals surface area contributed by atoms with Crippen molar-refractivity contribution in [3.63, 3.8) is 0 Å². The zero-order valence-electron chi connectivity index (χ0n) is 5.22. The molecular formula is C5H10INO2. The van der Waals surface area contributed by atoms with E-state index in [1.165, 1.54) is 0 Å². The average Bonchev–Trinajstić information content (AvgIpc) is 1.82. The van der Waals surface area contributed by atoms with Crippen LogP contribution < -0.4 is 3.53 Å². The topological polar surface area (TPSA) is 49.3 Å². The summed E-state index contributed by atoms with van der Waals surface area (Å²) in [7, 11) is 0. The van der Waals surface area contributed by atoms with Gasteiger partial charge in [0.05, 0.1) is 0 Å². The fraction of sp³-hybridized carbons (Fsp3) is 0.800. The number of carboxylic acids is 1. The van der Waals surface area contributed by atoms with Crippen LogP contribution in [0.2, 0.25) is 0 Å². The molecule has 2 N–H and O–H groups in total. The third-order valence-corrected chi connectivity index (χ3v) is 1.76. The van der Waals surface area contributed by atoms with Crippen molar-refractivity contribution in [2.75, 3.05) is 0 Å². The second-order valence-corrected chi connectivity index (χ2v) is 2.41. The Morgan fingerprint density at radius 1 is 1.89 bits per heavy atom. The lowest BCUT2D eigenvalue weighted by Gasteiger charge is -2.05. The molecule has 4 heteroatoms. The van der Waals surface area contributed by atoms with Crippen LogP contribution >= 0.6 is 22.9 Å². The lowest BCUT2D eigenvalue weighted by atomic mass is 10.2. The molecular weight excluding hydrogens is 233 g/mol. The van der Waals surface area contributed by atoms with E-state index >= 15 is 0 Å². The van der Waals surface area contributed by atoms with E-state index in [1.807, 2.05) is 29.8 Å². The molecule has 0 aliphatic rings. The van der Waals surface area contributed by atoms with E-state index < -0.39 is 5.97 Å². The number of hydrogen-bond donors (Lipinski definition) is 2. The van der Waals surface area contributed by atoms with Gasteiger partial charge < -0.3 is 5.11 Å². The molecule has 9 heavy (non-hydrogen) atoms. The number of aliphatic carboxylic acids is 1. The minimum absolute atomic E-state index is 0.379. The molecule has 54 valence electrons. The van der Waals surface area contributed by atoms with Gasteiger partial charge in [0.2, 0.25) is 0 Å². The molecule has 0 heterocycles. The van der Waals surface area contributed by atoms with Crippen molar-refractivity contribution in [2.24, 2.45) is 0 Å². The monoisotopic (exact) mass is 243 g/mol. The molecule has 0 bridgehead atoms. The first kappa shape index (κ1) is 9.16. The van der Waals surface area contributed by atoms with Crippen molar-refractivity contribution >= 4 is 28.8 Å². The van der Waals surface area contributed by atoms with Gasteiger partial charge in [-0.05, 0) is 6.42 Å². The third kappa shape index (κ3) is 3.69. The van der Waals surface area contributed by atoms with Crippen LogP contribution in [0.5, 0.6) is 0 Å². The molecule has 0 saturated carbocycles. The van der Waals surface area contributed by atoms with Crippen molar-refractivity contribution in [1.29, 1.82) is 0 Å². The van der Waals surface area contributed by atoms with Gasteiger partial charge in [0.25, 0.3) is 0 Å². The number of hydrogen-bond acceptors (Lipinski definition) is 2. The SMILES string of the molecule is CCC[C@H](NI)C(=O)O. The van der Waals surface area contributed by atoms with E-state index in [-0.39, 0.29) is 6.04 Å². The summed E-state index contributed by atoms with van der Waals surface area (Å²) in [6, 6.07) is -0.379. The smallest absolute Gasteiger partial charge is 0.321 e. The molecule has 0 aromatic carbocycles.